The molecule has 0 spiro atoms. The van der Waals surface area contributed by atoms with Crippen LogP contribution >= 0.6 is 18.5 Å². The van der Waals surface area contributed by atoms with Crippen LogP contribution in [-0.2, 0) is 4.57 Å². The molecule has 8 rings (SSSR count). The van der Waals surface area contributed by atoms with Gasteiger partial charge < -0.3 is 4.57 Å². The van der Waals surface area contributed by atoms with Crippen molar-refractivity contribution in [2.75, 3.05) is 0 Å². The summed E-state index contributed by atoms with van der Waals surface area (Å²) in [5, 5.41) is 6.17. The van der Waals surface area contributed by atoms with E-state index in [1.54, 1.807) is 0 Å². The molecule has 0 amide bonds. The van der Waals surface area contributed by atoms with Crippen LogP contribution in [0.3, 0.4) is 0 Å². The third kappa shape index (κ3) is 4.32. The van der Waals surface area contributed by atoms with E-state index in [1.165, 1.54) is 25.6 Å². The Hall–Kier alpha value is -4.82. The zero-order valence-electron chi connectivity index (χ0n) is 23.2. The number of para-hydroxylation sites is 1. The van der Waals surface area contributed by atoms with E-state index in [9.17, 15) is 4.57 Å². The molecule has 0 radical (unpaired) electrons. The summed E-state index contributed by atoms with van der Waals surface area (Å²) < 4.78 is 17.3. The summed E-state index contributed by atoms with van der Waals surface area (Å²) in [6.07, 6.45) is 0. The third-order valence-corrected chi connectivity index (χ3v) is 12.5. The van der Waals surface area contributed by atoms with Gasteiger partial charge in [-0.15, -0.1) is 11.3 Å². The third-order valence-electron chi connectivity index (χ3n) is 8.18. The molecule has 6 aromatic carbocycles. The summed E-state index contributed by atoms with van der Waals surface area (Å²) >= 11 is 1.84. The molecular formula is C39H26NOPS. The Kier molecular flexibility index (Phi) is 6.30. The molecule has 2 nitrogen and oxygen atoms in total. The molecule has 0 saturated heterocycles. The SMILES string of the molecule is O=P(c1ccccc1)(c1ccccc1)c1ccc(-c2ccc(-c3nc4ccccc4c4sc5ccccc5c34)cc2)cc1. The van der Waals surface area contributed by atoms with Crippen molar-refractivity contribution in [2.24, 2.45) is 0 Å². The maximum Gasteiger partial charge on any atom is 0.171 e. The van der Waals surface area contributed by atoms with Gasteiger partial charge in [-0.25, -0.2) is 4.98 Å². The van der Waals surface area contributed by atoms with E-state index in [0.717, 1.165) is 43.8 Å². The van der Waals surface area contributed by atoms with Crippen LogP contribution in [-0.4, -0.2) is 4.98 Å². The van der Waals surface area contributed by atoms with Gasteiger partial charge in [0.1, 0.15) is 0 Å². The molecule has 0 bridgehead atoms. The molecular weight excluding hydrogens is 561 g/mol. The fourth-order valence-electron chi connectivity index (χ4n) is 6.03. The minimum Gasteiger partial charge on any atom is -0.309 e. The normalized spacial score (nSPS) is 11.8. The number of benzene rings is 6. The Labute approximate surface area is 254 Å². The largest absolute Gasteiger partial charge is 0.309 e. The minimum absolute atomic E-state index is 0.831. The second-order valence-electron chi connectivity index (χ2n) is 10.7. The Morgan fingerprint density at radius 1 is 0.465 bits per heavy atom. The predicted octanol–water partition coefficient (Wildman–Crippen LogP) is 9.58. The zero-order chi connectivity index (χ0) is 28.8. The highest BCUT2D eigenvalue weighted by Gasteiger charge is 2.29. The second-order valence-corrected chi connectivity index (χ2v) is 14.5. The Morgan fingerprint density at radius 3 is 1.60 bits per heavy atom. The Bertz CT molecular complexity index is 2250. The molecule has 4 heteroatoms. The van der Waals surface area contributed by atoms with E-state index in [0.29, 0.717) is 0 Å². The summed E-state index contributed by atoms with van der Waals surface area (Å²) in [6.45, 7) is 0. The van der Waals surface area contributed by atoms with Gasteiger partial charge in [0.2, 0.25) is 0 Å². The van der Waals surface area contributed by atoms with E-state index in [4.69, 9.17) is 4.98 Å². The lowest BCUT2D eigenvalue weighted by Crippen LogP contribution is -2.24. The van der Waals surface area contributed by atoms with Gasteiger partial charge in [0.05, 0.1) is 11.2 Å². The van der Waals surface area contributed by atoms with Gasteiger partial charge in [0.15, 0.2) is 7.14 Å². The Morgan fingerprint density at radius 2 is 0.953 bits per heavy atom. The number of thiophene rings is 1. The van der Waals surface area contributed by atoms with Crippen LogP contribution < -0.4 is 15.9 Å². The topological polar surface area (TPSA) is 30.0 Å². The zero-order valence-corrected chi connectivity index (χ0v) is 24.9. The van der Waals surface area contributed by atoms with Crippen molar-refractivity contribution >= 4 is 65.5 Å². The highest BCUT2D eigenvalue weighted by atomic mass is 32.1. The van der Waals surface area contributed by atoms with Crippen LogP contribution in [0.15, 0.2) is 158 Å². The molecule has 0 aliphatic carbocycles. The van der Waals surface area contributed by atoms with Gasteiger partial charge in [-0.3, -0.25) is 0 Å². The molecule has 8 aromatic rings. The molecule has 0 unspecified atom stereocenters. The molecule has 2 aromatic heterocycles. The highest BCUT2D eigenvalue weighted by Crippen LogP contribution is 2.44. The molecule has 204 valence electrons. The number of pyridine rings is 1. The smallest absolute Gasteiger partial charge is 0.171 e. The average Bonchev–Trinajstić information content (AvgIpc) is 3.49. The van der Waals surface area contributed by atoms with Crippen LogP contribution in [0.2, 0.25) is 0 Å². The standard InChI is InChI=1S/C39H26NOPS/c41-42(30-11-3-1-4-12-30,31-13-5-2-6-14-31)32-25-23-28(24-26-32)27-19-21-29(22-20-27)38-37-34-16-8-10-18-36(34)43-39(37)33-15-7-9-17-35(33)40-38/h1-26H. The summed E-state index contributed by atoms with van der Waals surface area (Å²) in [7, 11) is -3.00. The van der Waals surface area contributed by atoms with Crippen LogP contribution in [0.25, 0.3) is 53.5 Å². The van der Waals surface area contributed by atoms with Crippen LogP contribution in [0.1, 0.15) is 0 Å². The molecule has 0 aliphatic heterocycles. The number of aromatic nitrogens is 1. The average molecular weight is 588 g/mol. The maximum absolute atomic E-state index is 14.7. The summed E-state index contributed by atoms with van der Waals surface area (Å²) in [4.78, 5) is 5.17. The van der Waals surface area contributed by atoms with E-state index < -0.39 is 7.14 Å². The number of hydrogen-bond donors (Lipinski definition) is 0. The first-order valence-electron chi connectivity index (χ1n) is 14.3. The van der Waals surface area contributed by atoms with Gasteiger partial charge in [-0.05, 0) is 23.3 Å². The van der Waals surface area contributed by atoms with Crippen molar-refractivity contribution in [3.8, 4) is 22.4 Å². The van der Waals surface area contributed by atoms with E-state index in [-0.39, 0.29) is 0 Å². The Balaban J connectivity index is 1.20. The second kappa shape index (κ2) is 10.5. The molecule has 0 saturated carbocycles. The lowest BCUT2D eigenvalue weighted by molar-refractivity contribution is 0.592. The van der Waals surface area contributed by atoms with Gasteiger partial charge in [0.25, 0.3) is 0 Å². The molecule has 43 heavy (non-hydrogen) atoms. The number of fused-ring (bicyclic) bond motifs is 5. The molecule has 0 atom stereocenters. The minimum atomic E-state index is -3.00. The van der Waals surface area contributed by atoms with Crippen LogP contribution in [0.5, 0.6) is 0 Å². The van der Waals surface area contributed by atoms with Gasteiger partial charge in [0, 0.05) is 47.0 Å². The van der Waals surface area contributed by atoms with Crippen molar-refractivity contribution in [3.63, 3.8) is 0 Å². The fraction of sp³-hybridized carbons (Fsp3) is 0. The number of rotatable bonds is 5. The van der Waals surface area contributed by atoms with Crippen molar-refractivity contribution in [1.82, 2.24) is 4.98 Å². The van der Waals surface area contributed by atoms with E-state index in [1.807, 2.05) is 84.1 Å². The van der Waals surface area contributed by atoms with Gasteiger partial charge in [-0.2, -0.15) is 0 Å². The lowest BCUT2D eigenvalue weighted by Gasteiger charge is -2.20. The number of hydrogen-bond acceptors (Lipinski definition) is 3. The van der Waals surface area contributed by atoms with E-state index >= 15 is 0 Å². The summed E-state index contributed by atoms with van der Waals surface area (Å²) in [6, 6.07) is 53.5. The molecule has 0 aliphatic rings. The number of nitrogens with zero attached hydrogens (tertiary/aromatic N) is 1. The van der Waals surface area contributed by atoms with Crippen molar-refractivity contribution in [2.45, 2.75) is 0 Å². The van der Waals surface area contributed by atoms with Crippen molar-refractivity contribution < 1.29 is 4.57 Å². The van der Waals surface area contributed by atoms with Crippen molar-refractivity contribution in [3.05, 3.63) is 158 Å². The summed E-state index contributed by atoms with van der Waals surface area (Å²) in [5.41, 5.74) is 5.31. The van der Waals surface area contributed by atoms with Gasteiger partial charge >= 0.3 is 0 Å². The monoisotopic (exact) mass is 587 g/mol. The predicted molar refractivity (Wildman–Crippen MR) is 185 cm³/mol. The maximum atomic E-state index is 14.7. The van der Waals surface area contributed by atoms with Gasteiger partial charge in [-0.1, -0.05) is 146 Å². The first-order valence-corrected chi connectivity index (χ1v) is 16.9. The molecule has 0 fully saturated rings. The van der Waals surface area contributed by atoms with Crippen molar-refractivity contribution in [1.29, 1.82) is 0 Å². The van der Waals surface area contributed by atoms with E-state index in [2.05, 4.69) is 84.9 Å². The lowest BCUT2D eigenvalue weighted by atomic mass is 9.99. The first kappa shape index (κ1) is 25.9. The quantitative estimate of drug-likeness (QED) is 0.188. The highest BCUT2D eigenvalue weighted by molar-refractivity contribution is 7.85. The first-order chi connectivity index (χ1) is 21.2. The fourth-order valence-corrected chi connectivity index (χ4v) is 9.91. The molecule has 2 heterocycles. The van der Waals surface area contributed by atoms with Crippen LogP contribution in [0, 0.1) is 0 Å². The molecule has 0 N–H and O–H groups in total. The van der Waals surface area contributed by atoms with Crippen LogP contribution in [0.4, 0.5) is 0 Å². The summed E-state index contributed by atoms with van der Waals surface area (Å²) in [5.74, 6) is 0.